The van der Waals surface area contributed by atoms with Crippen molar-refractivity contribution in [2.45, 2.75) is 83.6 Å². The van der Waals surface area contributed by atoms with Crippen LogP contribution in [0, 0.1) is 5.92 Å². The first-order valence-corrected chi connectivity index (χ1v) is 11.5. The lowest BCUT2D eigenvalue weighted by molar-refractivity contribution is -0.244. The predicted molar refractivity (Wildman–Crippen MR) is 119 cm³/mol. The van der Waals surface area contributed by atoms with Crippen LogP contribution in [0.3, 0.4) is 0 Å². The van der Waals surface area contributed by atoms with Gasteiger partial charge in [0.15, 0.2) is 5.92 Å². The van der Waals surface area contributed by atoms with Crippen LogP contribution in [0.15, 0.2) is 18.2 Å². The van der Waals surface area contributed by atoms with Crippen molar-refractivity contribution in [3.63, 3.8) is 0 Å². The van der Waals surface area contributed by atoms with E-state index in [-0.39, 0.29) is 6.04 Å². The molecule has 2 fully saturated rings. The molecule has 2 atom stereocenters. The van der Waals surface area contributed by atoms with Crippen LogP contribution in [-0.2, 0) is 35.6 Å². The van der Waals surface area contributed by atoms with Crippen molar-refractivity contribution < 1.29 is 33.3 Å². The first-order chi connectivity index (χ1) is 15.3. The minimum absolute atomic E-state index is 0.270. The second-order valence-electron chi connectivity index (χ2n) is 10.7. The van der Waals surface area contributed by atoms with E-state index in [0.29, 0.717) is 26.0 Å². The molecule has 8 heteroatoms. The molecule has 4 rings (SSSR count). The maximum Gasteiger partial charge on any atom is 0.410 e. The van der Waals surface area contributed by atoms with Gasteiger partial charge in [-0.1, -0.05) is 12.1 Å². The zero-order valence-corrected chi connectivity index (χ0v) is 20.2. The van der Waals surface area contributed by atoms with Gasteiger partial charge in [0.25, 0.3) is 5.79 Å². The molecule has 0 radical (unpaired) electrons. The molecule has 1 amide bonds. The normalized spacial score (nSPS) is 27.3. The van der Waals surface area contributed by atoms with Gasteiger partial charge >= 0.3 is 18.0 Å². The number of benzene rings is 1. The highest BCUT2D eigenvalue weighted by Gasteiger charge is 2.58. The van der Waals surface area contributed by atoms with Crippen molar-refractivity contribution >= 4 is 18.0 Å². The molecule has 2 unspecified atom stereocenters. The fourth-order valence-corrected chi connectivity index (χ4v) is 5.23. The largest absolute Gasteiger partial charge is 0.493 e. The van der Waals surface area contributed by atoms with E-state index in [1.165, 1.54) is 0 Å². The minimum atomic E-state index is -1.31. The third-order valence-corrected chi connectivity index (χ3v) is 6.60. The maximum absolute atomic E-state index is 13.2. The molecule has 0 spiro atoms. The standard InChI is InChI=1S/C25H33NO7/c1-15-14-25(10-11-26(15)22(29)33-23(2,3)4,17-7-8-18-16(13-17)9-12-30-18)19-20(27)31-24(5,6)32-21(19)28/h7-8,13,15,19H,9-12,14H2,1-6H3. The lowest BCUT2D eigenvalue weighted by atomic mass is 9.62. The molecule has 1 aromatic rings. The van der Waals surface area contributed by atoms with E-state index in [1.54, 1.807) is 18.7 Å². The Morgan fingerprint density at radius 2 is 1.82 bits per heavy atom. The summed E-state index contributed by atoms with van der Waals surface area (Å²) in [4.78, 5) is 40.9. The Morgan fingerprint density at radius 3 is 2.42 bits per heavy atom. The zero-order chi connectivity index (χ0) is 24.2. The van der Waals surface area contributed by atoms with Gasteiger partial charge in [-0.3, -0.25) is 9.59 Å². The number of hydrogen-bond acceptors (Lipinski definition) is 7. The summed E-state index contributed by atoms with van der Waals surface area (Å²) < 4.78 is 22.3. The van der Waals surface area contributed by atoms with Gasteiger partial charge < -0.3 is 23.8 Å². The van der Waals surface area contributed by atoms with Gasteiger partial charge in [0, 0.05) is 38.3 Å². The Morgan fingerprint density at radius 1 is 1.15 bits per heavy atom. The van der Waals surface area contributed by atoms with Crippen LogP contribution >= 0.6 is 0 Å². The van der Waals surface area contributed by atoms with Gasteiger partial charge in [-0.15, -0.1) is 0 Å². The van der Waals surface area contributed by atoms with Crippen molar-refractivity contribution in [3.8, 4) is 5.75 Å². The summed E-state index contributed by atoms with van der Waals surface area (Å²) in [6, 6.07) is 5.57. The predicted octanol–water partition coefficient (Wildman–Crippen LogP) is 3.73. The first kappa shape index (κ1) is 23.4. The lowest BCUT2D eigenvalue weighted by Gasteiger charge is -2.49. The molecule has 3 heterocycles. The molecule has 3 aliphatic rings. The first-order valence-electron chi connectivity index (χ1n) is 11.5. The average Bonchev–Trinajstić information content (AvgIpc) is 3.12. The van der Waals surface area contributed by atoms with Gasteiger partial charge in [0.2, 0.25) is 0 Å². The van der Waals surface area contributed by atoms with Gasteiger partial charge in [-0.05, 0) is 57.7 Å². The summed E-state index contributed by atoms with van der Waals surface area (Å²) in [6.07, 6.45) is 1.15. The summed E-state index contributed by atoms with van der Waals surface area (Å²) in [5.74, 6) is -2.78. The minimum Gasteiger partial charge on any atom is -0.493 e. The quantitative estimate of drug-likeness (QED) is 0.492. The highest BCUT2D eigenvalue weighted by atomic mass is 16.7. The maximum atomic E-state index is 13.2. The van der Waals surface area contributed by atoms with Crippen LogP contribution in [0.5, 0.6) is 5.75 Å². The van der Waals surface area contributed by atoms with E-state index in [0.717, 1.165) is 23.3 Å². The van der Waals surface area contributed by atoms with Crippen molar-refractivity contribution in [3.05, 3.63) is 29.3 Å². The Hall–Kier alpha value is -2.77. The molecule has 0 aromatic heterocycles. The van der Waals surface area contributed by atoms with E-state index in [9.17, 15) is 14.4 Å². The van der Waals surface area contributed by atoms with Crippen molar-refractivity contribution in [2.24, 2.45) is 5.92 Å². The van der Waals surface area contributed by atoms with Crippen molar-refractivity contribution in [1.82, 2.24) is 4.90 Å². The topological polar surface area (TPSA) is 91.4 Å². The van der Waals surface area contributed by atoms with E-state index in [2.05, 4.69) is 0 Å². The van der Waals surface area contributed by atoms with Crippen molar-refractivity contribution in [1.29, 1.82) is 0 Å². The van der Waals surface area contributed by atoms with Crippen LogP contribution < -0.4 is 4.74 Å². The van der Waals surface area contributed by atoms with Crippen LogP contribution in [-0.4, -0.2) is 53.5 Å². The Bertz CT molecular complexity index is 959. The summed E-state index contributed by atoms with van der Waals surface area (Å²) in [6.45, 7) is 11.4. The molecule has 2 saturated heterocycles. The number of amides is 1. The number of ether oxygens (including phenoxy) is 4. The number of piperidine rings is 1. The number of hydrogen-bond donors (Lipinski definition) is 0. The SMILES string of the molecule is CC1CC(c2ccc3c(c2)CCO3)(C2C(=O)OC(C)(C)OC2=O)CCN1C(=O)OC(C)(C)C. The average molecular weight is 460 g/mol. The van der Waals surface area contributed by atoms with Crippen LogP contribution in [0.2, 0.25) is 0 Å². The van der Waals surface area contributed by atoms with E-state index < -0.39 is 40.8 Å². The molecule has 0 bridgehead atoms. The number of fused-ring (bicyclic) bond motifs is 1. The molecule has 0 aliphatic carbocycles. The highest BCUT2D eigenvalue weighted by molar-refractivity contribution is 5.98. The Balaban J connectivity index is 1.72. The molecule has 3 aliphatic heterocycles. The second kappa shape index (κ2) is 7.92. The monoisotopic (exact) mass is 459 g/mol. The number of cyclic esters (lactones) is 2. The molecule has 180 valence electrons. The summed E-state index contributed by atoms with van der Waals surface area (Å²) in [7, 11) is 0. The molecule has 8 nitrogen and oxygen atoms in total. The smallest absolute Gasteiger partial charge is 0.410 e. The molecule has 33 heavy (non-hydrogen) atoms. The summed E-state index contributed by atoms with van der Waals surface area (Å²) in [5, 5.41) is 0. The lowest BCUT2D eigenvalue weighted by Crippen LogP contribution is -2.60. The number of nitrogens with zero attached hydrogens (tertiary/aromatic N) is 1. The number of rotatable bonds is 2. The van der Waals surface area contributed by atoms with Gasteiger partial charge in [0.05, 0.1) is 6.61 Å². The Labute approximate surface area is 194 Å². The van der Waals surface area contributed by atoms with Crippen molar-refractivity contribution in [2.75, 3.05) is 13.2 Å². The molecular weight excluding hydrogens is 426 g/mol. The van der Waals surface area contributed by atoms with Crippen LogP contribution in [0.1, 0.15) is 65.5 Å². The molecule has 0 N–H and O–H groups in total. The molecule has 1 aromatic carbocycles. The Kier molecular flexibility index (Phi) is 5.61. The number of carbonyl (C=O) groups excluding carboxylic acids is 3. The van der Waals surface area contributed by atoms with Gasteiger partial charge in [0.1, 0.15) is 11.4 Å². The second-order valence-corrected chi connectivity index (χ2v) is 10.7. The summed E-state index contributed by atoms with van der Waals surface area (Å²) >= 11 is 0. The van der Waals surface area contributed by atoms with E-state index in [1.807, 2.05) is 45.9 Å². The number of carbonyl (C=O) groups is 3. The summed E-state index contributed by atoms with van der Waals surface area (Å²) in [5.41, 5.74) is 0.418. The van der Waals surface area contributed by atoms with Crippen LogP contribution in [0.25, 0.3) is 0 Å². The highest BCUT2D eigenvalue weighted by Crippen LogP contribution is 2.48. The van der Waals surface area contributed by atoms with E-state index in [4.69, 9.17) is 18.9 Å². The third kappa shape index (κ3) is 4.39. The zero-order valence-electron chi connectivity index (χ0n) is 20.2. The number of likely N-dealkylation sites (tertiary alicyclic amines) is 1. The van der Waals surface area contributed by atoms with E-state index >= 15 is 0 Å². The third-order valence-electron chi connectivity index (χ3n) is 6.60. The fourth-order valence-electron chi connectivity index (χ4n) is 5.23. The van der Waals surface area contributed by atoms with Gasteiger partial charge in [-0.2, -0.15) is 0 Å². The molecule has 0 saturated carbocycles. The number of esters is 2. The van der Waals surface area contributed by atoms with Crippen LogP contribution in [0.4, 0.5) is 4.79 Å². The van der Waals surface area contributed by atoms with Gasteiger partial charge in [-0.25, -0.2) is 4.79 Å². The fraction of sp³-hybridized carbons (Fsp3) is 0.640. The molecular formula is C25H33NO7.